The Morgan fingerprint density at radius 1 is 1.12 bits per heavy atom. The first kappa shape index (κ1) is 16.1. The van der Waals surface area contributed by atoms with Crippen LogP contribution in [0, 0.1) is 13.8 Å². The van der Waals surface area contributed by atoms with E-state index in [1.807, 2.05) is 17.0 Å². The van der Waals surface area contributed by atoms with Crippen LogP contribution in [0.1, 0.15) is 21.9 Å². The number of amides is 1. The van der Waals surface area contributed by atoms with Crippen LogP contribution in [-0.4, -0.2) is 24.5 Å². The number of aromatic nitrogens is 2. The van der Waals surface area contributed by atoms with Crippen LogP contribution in [0.3, 0.4) is 0 Å². The number of para-hydroxylation sites is 1. The van der Waals surface area contributed by atoms with Crippen molar-refractivity contribution in [2.24, 2.45) is 0 Å². The minimum atomic E-state index is -3.99. The summed E-state index contributed by atoms with van der Waals surface area (Å²) in [6.07, 6.45) is 0. The molecule has 0 saturated heterocycles. The van der Waals surface area contributed by atoms with E-state index in [-0.39, 0.29) is 22.0 Å². The van der Waals surface area contributed by atoms with E-state index in [0.717, 1.165) is 5.39 Å². The van der Waals surface area contributed by atoms with Gasteiger partial charge in [-0.1, -0.05) is 29.4 Å². The molecule has 0 spiro atoms. The van der Waals surface area contributed by atoms with Gasteiger partial charge in [-0.3, -0.25) is 10.2 Å². The number of sulfonamides is 1. The van der Waals surface area contributed by atoms with E-state index in [1.165, 1.54) is 19.9 Å². The molecular formula is C15H14N4O4S. The van der Waals surface area contributed by atoms with Crippen molar-refractivity contribution in [2.45, 2.75) is 18.7 Å². The van der Waals surface area contributed by atoms with Gasteiger partial charge in [0.1, 0.15) is 16.3 Å². The molecule has 9 heteroatoms. The first-order chi connectivity index (χ1) is 11.4. The number of aryl methyl sites for hydroxylation is 2. The number of nitrogens with zero attached hydrogens (tertiary/aromatic N) is 2. The maximum absolute atomic E-state index is 12.2. The molecule has 2 aromatic heterocycles. The van der Waals surface area contributed by atoms with E-state index in [9.17, 15) is 13.2 Å². The van der Waals surface area contributed by atoms with Gasteiger partial charge in [0.25, 0.3) is 15.9 Å². The average molecular weight is 346 g/mol. The highest BCUT2D eigenvalue weighted by atomic mass is 32.2. The van der Waals surface area contributed by atoms with Gasteiger partial charge in [-0.25, -0.2) is 13.4 Å². The number of pyridine rings is 1. The molecule has 0 aliphatic heterocycles. The van der Waals surface area contributed by atoms with Crippen molar-refractivity contribution in [1.29, 1.82) is 0 Å². The summed E-state index contributed by atoms with van der Waals surface area (Å²) in [6.45, 7) is 2.97. The van der Waals surface area contributed by atoms with Crippen LogP contribution in [-0.2, 0) is 10.0 Å². The summed E-state index contributed by atoms with van der Waals surface area (Å²) in [5, 5.41) is 4.46. The van der Waals surface area contributed by atoms with Crippen molar-refractivity contribution >= 4 is 26.8 Å². The fourth-order valence-electron chi connectivity index (χ4n) is 2.28. The van der Waals surface area contributed by atoms with E-state index in [4.69, 9.17) is 4.52 Å². The smallest absolute Gasteiger partial charge is 0.284 e. The Bertz CT molecular complexity index is 1010. The van der Waals surface area contributed by atoms with Gasteiger partial charge in [0.15, 0.2) is 5.76 Å². The number of benzene rings is 1. The van der Waals surface area contributed by atoms with Crippen molar-refractivity contribution in [2.75, 3.05) is 0 Å². The molecule has 0 bridgehead atoms. The van der Waals surface area contributed by atoms with Gasteiger partial charge in [-0.05, 0) is 26.0 Å². The lowest BCUT2D eigenvalue weighted by atomic mass is 10.2. The number of rotatable bonds is 4. The minimum Gasteiger partial charge on any atom is -0.360 e. The van der Waals surface area contributed by atoms with Crippen LogP contribution in [0.4, 0.5) is 0 Å². The van der Waals surface area contributed by atoms with Crippen LogP contribution in [0.2, 0.25) is 0 Å². The van der Waals surface area contributed by atoms with E-state index < -0.39 is 15.9 Å². The summed E-state index contributed by atoms with van der Waals surface area (Å²) in [5.41, 5.74) is 3.07. The molecule has 3 rings (SSSR count). The summed E-state index contributed by atoms with van der Waals surface area (Å²) >= 11 is 0. The molecule has 1 aromatic carbocycles. The zero-order chi connectivity index (χ0) is 17.3. The van der Waals surface area contributed by atoms with E-state index in [1.54, 1.807) is 18.2 Å². The number of hydrogen-bond donors (Lipinski definition) is 2. The van der Waals surface area contributed by atoms with Crippen LogP contribution >= 0.6 is 0 Å². The van der Waals surface area contributed by atoms with Gasteiger partial charge in [-0.15, -0.1) is 4.83 Å². The van der Waals surface area contributed by atoms with Crippen LogP contribution < -0.4 is 10.3 Å². The van der Waals surface area contributed by atoms with Gasteiger partial charge >= 0.3 is 0 Å². The number of carbonyl (C=O) groups excluding carboxylic acids is 1. The van der Waals surface area contributed by atoms with Crippen LogP contribution in [0.25, 0.3) is 10.9 Å². The molecule has 2 N–H and O–H groups in total. The normalized spacial score (nSPS) is 11.6. The highest BCUT2D eigenvalue weighted by Gasteiger charge is 2.25. The predicted octanol–water partition coefficient (Wildman–Crippen LogP) is 1.46. The molecule has 0 radical (unpaired) electrons. The summed E-state index contributed by atoms with van der Waals surface area (Å²) in [5.74, 6) is -0.533. The fourth-order valence-corrected chi connectivity index (χ4v) is 3.45. The maximum Gasteiger partial charge on any atom is 0.284 e. The summed E-state index contributed by atoms with van der Waals surface area (Å²) in [7, 11) is -3.99. The van der Waals surface area contributed by atoms with Crippen LogP contribution in [0.15, 0.2) is 45.8 Å². The van der Waals surface area contributed by atoms with Gasteiger partial charge in [0.05, 0.1) is 5.52 Å². The Morgan fingerprint density at radius 3 is 2.58 bits per heavy atom. The Hall–Kier alpha value is -2.78. The largest absolute Gasteiger partial charge is 0.360 e. The Morgan fingerprint density at radius 2 is 1.88 bits per heavy atom. The molecule has 0 aliphatic rings. The molecule has 8 nitrogen and oxygen atoms in total. The molecule has 0 unspecified atom stereocenters. The number of fused-ring (bicyclic) bond motifs is 1. The van der Waals surface area contributed by atoms with E-state index >= 15 is 0 Å². The van der Waals surface area contributed by atoms with Crippen molar-refractivity contribution in [3.63, 3.8) is 0 Å². The first-order valence-corrected chi connectivity index (χ1v) is 8.47. The SMILES string of the molecule is Cc1noc(C)c1S(=O)(=O)NNC(=O)c1ccc2ccccc2n1. The molecule has 3 aromatic rings. The molecule has 0 fully saturated rings. The Balaban J connectivity index is 1.79. The standard InChI is InChI=1S/C15H14N4O4S/c1-9-14(10(2)23-18-9)24(21,22)19-17-15(20)13-8-7-11-5-3-4-6-12(11)16-13/h3-8,19H,1-2H3,(H,17,20). The fraction of sp³-hybridized carbons (Fsp3) is 0.133. The number of nitrogens with one attached hydrogen (secondary N) is 2. The first-order valence-electron chi connectivity index (χ1n) is 6.99. The second kappa shape index (κ2) is 6.02. The number of hydrazine groups is 1. The Kier molecular flexibility index (Phi) is 4.04. The molecule has 1 amide bonds. The molecule has 0 saturated carbocycles. The molecule has 0 aliphatic carbocycles. The van der Waals surface area contributed by atoms with Crippen molar-refractivity contribution in [3.05, 3.63) is 53.5 Å². The van der Waals surface area contributed by atoms with Gasteiger partial charge in [-0.2, -0.15) is 0 Å². The number of carbonyl (C=O) groups is 1. The third-order valence-electron chi connectivity index (χ3n) is 3.37. The van der Waals surface area contributed by atoms with Crippen molar-refractivity contribution in [1.82, 2.24) is 20.4 Å². The monoisotopic (exact) mass is 346 g/mol. The average Bonchev–Trinajstić information content (AvgIpc) is 2.91. The molecule has 2 heterocycles. The minimum absolute atomic E-state index is 0.0927. The highest BCUT2D eigenvalue weighted by molar-refractivity contribution is 7.89. The molecular weight excluding hydrogens is 332 g/mol. The third-order valence-corrected chi connectivity index (χ3v) is 4.86. The lowest BCUT2D eigenvalue weighted by Gasteiger charge is -2.08. The lowest BCUT2D eigenvalue weighted by Crippen LogP contribution is -2.42. The summed E-state index contributed by atoms with van der Waals surface area (Å²) in [4.78, 5) is 18.3. The van der Waals surface area contributed by atoms with E-state index in [2.05, 4.69) is 15.6 Å². The van der Waals surface area contributed by atoms with Gasteiger partial charge < -0.3 is 4.52 Å². The zero-order valence-electron chi connectivity index (χ0n) is 12.9. The summed E-state index contributed by atoms with van der Waals surface area (Å²) < 4.78 is 29.3. The highest BCUT2D eigenvalue weighted by Crippen LogP contribution is 2.18. The quantitative estimate of drug-likeness (QED) is 0.691. The second-order valence-corrected chi connectivity index (χ2v) is 6.72. The number of hydrogen-bond acceptors (Lipinski definition) is 6. The lowest BCUT2D eigenvalue weighted by molar-refractivity contribution is 0.0940. The third kappa shape index (κ3) is 2.99. The maximum atomic E-state index is 12.2. The molecule has 24 heavy (non-hydrogen) atoms. The van der Waals surface area contributed by atoms with Crippen molar-refractivity contribution < 1.29 is 17.7 Å². The van der Waals surface area contributed by atoms with E-state index in [0.29, 0.717) is 5.52 Å². The van der Waals surface area contributed by atoms with Crippen LogP contribution in [0.5, 0.6) is 0 Å². The van der Waals surface area contributed by atoms with Gasteiger partial charge in [0.2, 0.25) is 0 Å². The predicted molar refractivity (Wildman–Crippen MR) is 85.5 cm³/mol. The topological polar surface area (TPSA) is 114 Å². The Labute approximate surface area is 137 Å². The second-order valence-electron chi connectivity index (χ2n) is 5.10. The van der Waals surface area contributed by atoms with Gasteiger partial charge in [0, 0.05) is 5.39 Å². The summed E-state index contributed by atoms with van der Waals surface area (Å²) in [6, 6.07) is 10.5. The zero-order valence-corrected chi connectivity index (χ0v) is 13.7. The van der Waals surface area contributed by atoms with Crippen molar-refractivity contribution in [3.8, 4) is 0 Å². The molecule has 0 atom stereocenters. The molecule has 124 valence electrons.